The minimum Gasteiger partial charge on any atom is -0.459 e. The van der Waals surface area contributed by atoms with Crippen LogP contribution in [0.25, 0.3) is 0 Å². The molecule has 0 aromatic heterocycles. The third kappa shape index (κ3) is 6.65. The third-order valence-corrected chi connectivity index (χ3v) is 5.10. The number of hydrogen-bond acceptors (Lipinski definition) is 5. The van der Waals surface area contributed by atoms with Gasteiger partial charge in [0.25, 0.3) is 0 Å². The zero-order chi connectivity index (χ0) is 22.1. The lowest BCUT2D eigenvalue weighted by Crippen LogP contribution is -2.53. The molecular formula is C24H28N2O5. The highest BCUT2D eigenvalue weighted by atomic mass is 16.5. The Labute approximate surface area is 182 Å². The molecule has 164 valence electrons. The molecule has 1 fully saturated rings. The zero-order valence-electron chi connectivity index (χ0n) is 17.7. The number of carbonyl (C=O) groups is 3. The molecule has 1 aliphatic heterocycles. The van der Waals surface area contributed by atoms with E-state index in [2.05, 4.69) is 5.32 Å². The van der Waals surface area contributed by atoms with Crippen molar-refractivity contribution in [2.45, 2.75) is 45.1 Å². The Kier molecular flexibility index (Phi) is 8.18. The fourth-order valence-electron chi connectivity index (χ4n) is 3.59. The molecule has 1 N–H and O–H groups in total. The summed E-state index contributed by atoms with van der Waals surface area (Å²) < 4.78 is 11.1. The van der Waals surface area contributed by atoms with Crippen molar-refractivity contribution in [3.05, 3.63) is 71.8 Å². The van der Waals surface area contributed by atoms with E-state index in [0.717, 1.165) is 11.1 Å². The van der Waals surface area contributed by atoms with Crippen molar-refractivity contribution in [2.75, 3.05) is 13.2 Å². The van der Waals surface area contributed by atoms with Gasteiger partial charge in [-0.1, -0.05) is 60.7 Å². The van der Waals surface area contributed by atoms with Gasteiger partial charge in [-0.2, -0.15) is 0 Å². The van der Waals surface area contributed by atoms with Gasteiger partial charge in [0.05, 0.1) is 13.2 Å². The first kappa shape index (κ1) is 22.5. The van der Waals surface area contributed by atoms with Crippen molar-refractivity contribution in [3.63, 3.8) is 0 Å². The molecule has 0 saturated carbocycles. The molecule has 1 aliphatic rings. The molecule has 1 saturated heterocycles. The molecule has 0 bridgehead atoms. The lowest BCUT2D eigenvalue weighted by atomic mass is 10.2. The van der Waals surface area contributed by atoms with Crippen molar-refractivity contribution < 1.29 is 23.9 Å². The lowest BCUT2D eigenvalue weighted by Gasteiger charge is -2.28. The van der Waals surface area contributed by atoms with Gasteiger partial charge in [0.15, 0.2) is 0 Å². The number of carbonyl (C=O) groups excluding carboxylic acids is 3. The fraction of sp³-hybridized carbons (Fsp3) is 0.375. The van der Waals surface area contributed by atoms with E-state index in [-0.39, 0.29) is 25.0 Å². The second kappa shape index (κ2) is 11.3. The molecule has 7 heteroatoms. The zero-order valence-corrected chi connectivity index (χ0v) is 17.7. The highest BCUT2D eigenvalue weighted by Gasteiger charge is 2.38. The molecule has 3 rings (SSSR count). The van der Waals surface area contributed by atoms with Gasteiger partial charge in [0.1, 0.15) is 18.7 Å². The van der Waals surface area contributed by atoms with E-state index in [1.165, 1.54) is 11.8 Å². The van der Waals surface area contributed by atoms with E-state index in [4.69, 9.17) is 9.47 Å². The summed E-state index contributed by atoms with van der Waals surface area (Å²) in [7, 11) is 0. The van der Waals surface area contributed by atoms with Crippen LogP contribution in [0.2, 0.25) is 0 Å². The van der Waals surface area contributed by atoms with E-state index >= 15 is 0 Å². The molecule has 2 atom stereocenters. The molecule has 0 spiro atoms. The Morgan fingerprint density at radius 3 is 2.23 bits per heavy atom. The minimum absolute atomic E-state index is 0.0234. The Morgan fingerprint density at radius 2 is 1.61 bits per heavy atom. The number of nitrogens with zero attached hydrogens (tertiary/aromatic N) is 1. The van der Waals surface area contributed by atoms with Crippen molar-refractivity contribution in [1.82, 2.24) is 10.2 Å². The third-order valence-electron chi connectivity index (χ3n) is 5.10. The smallest absolute Gasteiger partial charge is 0.329 e. The summed E-state index contributed by atoms with van der Waals surface area (Å²) in [6.45, 7) is 2.31. The maximum Gasteiger partial charge on any atom is 0.329 e. The van der Waals surface area contributed by atoms with Crippen LogP contribution in [0.3, 0.4) is 0 Å². The largest absolute Gasteiger partial charge is 0.459 e. The maximum absolute atomic E-state index is 13.1. The van der Waals surface area contributed by atoms with Crippen molar-refractivity contribution in [3.8, 4) is 0 Å². The number of likely N-dealkylation sites (tertiary alicyclic amines) is 1. The predicted molar refractivity (Wildman–Crippen MR) is 115 cm³/mol. The molecule has 0 radical (unpaired) electrons. The minimum atomic E-state index is -0.858. The van der Waals surface area contributed by atoms with E-state index in [1.807, 2.05) is 60.7 Å². The van der Waals surface area contributed by atoms with Gasteiger partial charge in [-0.05, 0) is 24.0 Å². The molecule has 31 heavy (non-hydrogen) atoms. The van der Waals surface area contributed by atoms with Crippen molar-refractivity contribution in [1.29, 1.82) is 0 Å². The van der Waals surface area contributed by atoms with Crippen LogP contribution in [0.1, 0.15) is 30.9 Å². The lowest BCUT2D eigenvalue weighted by molar-refractivity contribution is -0.155. The quantitative estimate of drug-likeness (QED) is 0.625. The van der Waals surface area contributed by atoms with Gasteiger partial charge in [-0.25, -0.2) is 4.79 Å². The Morgan fingerprint density at radius 1 is 1.00 bits per heavy atom. The standard InChI is InChI=1S/C24H28N2O5/c1-18(27)25-21(17-30-15-19-9-4-2-5-10-19)23(28)26-14-8-13-22(26)24(29)31-16-20-11-6-3-7-12-20/h2-7,9-12,21-22H,8,13-17H2,1H3,(H,25,27)/t21-,22-/m0/s1. The highest BCUT2D eigenvalue weighted by molar-refractivity contribution is 5.90. The number of esters is 1. The van der Waals surface area contributed by atoms with Crippen LogP contribution in [-0.2, 0) is 37.1 Å². The first-order valence-corrected chi connectivity index (χ1v) is 10.4. The average molecular weight is 424 g/mol. The van der Waals surface area contributed by atoms with E-state index in [1.54, 1.807) is 0 Å². The average Bonchev–Trinajstić information content (AvgIpc) is 3.27. The molecule has 1 heterocycles. The summed E-state index contributed by atoms with van der Waals surface area (Å²) in [4.78, 5) is 38.9. The normalized spacial score (nSPS) is 16.5. The van der Waals surface area contributed by atoms with Gasteiger partial charge in [0, 0.05) is 13.5 Å². The van der Waals surface area contributed by atoms with Gasteiger partial charge in [-0.15, -0.1) is 0 Å². The van der Waals surface area contributed by atoms with E-state index in [0.29, 0.717) is 26.0 Å². The van der Waals surface area contributed by atoms with Crippen LogP contribution in [0.4, 0.5) is 0 Å². The van der Waals surface area contributed by atoms with Crippen LogP contribution < -0.4 is 5.32 Å². The first-order valence-electron chi connectivity index (χ1n) is 10.4. The number of amides is 2. The van der Waals surface area contributed by atoms with Gasteiger partial charge in [-0.3, -0.25) is 9.59 Å². The SMILES string of the molecule is CC(=O)N[C@@H](COCc1ccccc1)C(=O)N1CCC[C@H]1C(=O)OCc1ccccc1. The summed E-state index contributed by atoms with van der Waals surface area (Å²) in [5.41, 5.74) is 1.86. The van der Waals surface area contributed by atoms with Crippen molar-refractivity contribution >= 4 is 17.8 Å². The van der Waals surface area contributed by atoms with Crippen LogP contribution in [0.5, 0.6) is 0 Å². The van der Waals surface area contributed by atoms with E-state index in [9.17, 15) is 14.4 Å². The topological polar surface area (TPSA) is 84.9 Å². The van der Waals surface area contributed by atoms with Crippen LogP contribution in [0, 0.1) is 0 Å². The number of benzene rings is 2. The maximum atomic E-state index is 13.1. The molecule has 2 amide bonds. The Balaban J connectivity index is 1.58. The summed E-state index contributed by atoms with van der Waals surface area (Å²) in [5.74, 6) is -1.09. The summed E-state index contributed by atoms with van der Waals surface area (Å²) >= 11 is 0. The predicted octanol–water partition coefficient (Wildman–Crippen LogP) is 2.44. The van der Waals surface area contributed by atoms with Crippen LogP contribution >= 0.6 is 0 Å². The molecule has 7 nitrogen and oxygen atoms in total. The fourth-order valence-corrected chi connectivity index (χ4v) is 3.59. The second-order valence-electron chi connectivity index (χ2n) is 7.54. The second-order valence-corrected chi connectivity index (χ2v) is 7.54. The monoisotopic (exact) mass is 424 g/mol. The Hall–Kier alpha value is -3.19. The van der Waals surface area contributed by atoms with E-state index < -0.39 is 18.1 Å². The van der Waals surface area contributed by atoms with Gasteiger partial charge in [0.2, 0.25) is 11.8 Å². The van der Waals surface area contributed by atoms with Crippen molar-refractivity contribution in [2.24, 2.45) is 0 Å². The number of nitrogens with one attached hydrogen (secondary N) is 1. The van der Waals surface area contributed by atoms with Gasteiger partial charge < -0.3 is 19.7 Å². The van der Waals surface area contributed by atoms with Crippen LogP contribution in [-0.4, -0.2) is 47.9 Å². The van der Waals surface area contributed by atoms with Crippen LogP contribution in [0.15, 0.2) is 60.7 Å². The molecule has 0 aliphatic carbocycles. The van der Waals surface area contributed by atoms with Gasteiger partial charge >= 0.3 is 5.97 Å². The molecular weight excluding hydrogens is 396 g/mol. The summed E-state index contributed by atoms with van der Waals surface area (Å²) in [6, 6.07) is 17.5. The highest BCUT2D eigenvalue weighted by Crippen LogP contribution is 2.20. The summed E-state index contributed by atoms with van der Waals surface area (Å²) in [5, 5.41) is 2.65. The summed E-state index contributed by atoms with van der Waals surface area (Å²) in [6.07, 6.45) is 1.24. The number of ether oxygens (including phenoxy) is 2. The Bertz CT molecular complexity index is 872. The first-order chi connectivity index (χ1) is 15.0. The number of rotatable bonds is 9. The molecule has 2 aromatic carbocycles. The molecule has 2 aromatic rings. The number of hydrogen-bond donors (Lipinski definition) is 1. The molecule has 0 unspecified atom stereocenters.